The molecule has 0 aliphatic carbocycles. The molecule has 5 nitrogen and oxygen atoms in total. The van der Waals surface area contributed by atoms with Crippen molar-refractivity contribution in [1.82, 2.24) is 10.2 Å². The van der Waals surface area contributed by atoms with Gasteiger partial charge in [-0.3, -0.25) is 9.69 Å². The van der Waals surface area contributed by atoms with Crippen molar-refractivity contribution in [1.29, 1.82) is 0 Å². The van der Waals surface area contributed by atoms with Gasteiger partial charge in [-0.25, -0.2) is 4.79 Å². The molecule has 1 saturated heterocycles. The Bertz CT molecular complexity index is 1030. The predicted molar refractivity (Wildman–Crippen MR) is 118 cm³/mol. The SMILES string of the molecule is COc1cc(CN2C(=O)NC(c3ccccc3)(c3ccccc3)C2=O)ccc1SC. The van der Waals surface area contributed by atoms with Crippen LogP contribution in [0.25, 0.3) is 0 Å². The average Bonchev–Trinajstić information content (AvgIpc) is 3.05. The van der Waals surface area contributed by atoms with Crippen molar-refractivity contribution < 1.29 is 14.3 Å². The number of carbonyl (C=O) groups is 2. The Kier molecular flexibility index (Phi) is 5.50. The monoisotopic (exact) mass is 418 g/mol. The van der Waals surface area contributed by atoms with Crippen LogP contribution in [0.3, 0.4) is 0 Å². The van der Waals surface area contributed by atoms with Gasteiger partial charge in [0.1, 0.15) is 5.75 Å². The molecule has 1 aliphatic heterocycles. The van der Waals surface area contributed by atoms with Crippen LogP contribution in [0.2, 0.25) is 0 Å². The van der Waals surface area contributed by atoms with Crippen LogP contribution in [0.1, 0.15) is 16.7 Å². The minimum Gasteiger partial charge on any atom is -0.496 e. The van der Waals surface area contributed by atoms with E-state index in [-0.39, 0.29) is 12.5 Å². The van der Waals surface area contributed by atoms with Crippen molar-refractivity contribution >= 4 is 23.7 Å². The Morgan fingerprint density at radius 2 is 1.53 bits per heavy atom. The van der Waals surface area contributed by atoms with Gasteiger partial charge in [-0.1, -0.05) is 66.7 Å². The van der Waals surface area contributed by atoms with Crippen molar-refractivity contribution in [2.75, 3.05) is 13.4 Å². The number of imide groups is 1. The van der Waals surface area contributed by atoms with E-state index in [1.54, 1.807) is 18.9 Å². The summed E-state index contributed by atoms with van der Waals surface area (Å²) in [5, 5.41) is 2.97. The van der Waals surface area contributed by atoms with Crippen LogP contribution < -0.4 is 10.1 Å². The highest BCUT2D eigenvalue weighted by molar-refractivity contribution is 7.98. The Hall–Kier alpha value is -3.25. The summed E-state index contributed by atoms with van der Waals surface area (Å²) in [6, 6.07) is 24.0. The number of urea groups is 1. The minimum absolute atomic E-state index is 0.164. The quantitative estimate of drug-likeness (QED) is 0.476. The van der Waals surface area contributed by atoms with Crippen molar-refractivity contribution in [2.45, 2.75) is 17.0 Å². The zero-order chi connectivity index (χ0) is 21.1. The number of rotatable bonds is 6. The fourth-order valence-corrected chi connectivity index (χ4v) is 4.36. The van der Waals surface area contributed by atoms with Gasteiger partial charge in [0.15, 0.2) is 5.54 Å². The van der Waals surface area contributed by atoms with E-state index in [0.717, 1.165) is 27.3 Å². The maximum absolute atomic E-state index is 13.7. The molecular weight excluding hydrogens is 396 g/mol. The molecule has 6 heteroatoms. The highest BCUT2D eigenvalue weighted by atomic mass is 32.2. The molecule has 0 bridgehead atoms. The highest BCUT2D eigenvalue weighted by Crippen LogP contribution is 2.37. The number of nitrogens with one attached hydrogen (secondary N) is 1. The fraction of sp³-hybridized carbons (Fsp3) is 0.167. The number of hydrogen-bond acceptors (Lipinski definition) is 4. The molecule has 4 rings (SSSR count). The first-order valence-electron chi connectivity index (χ1n) is 9.56. The summed E-state index contributed by atoms with van der Waals surface area (Å²) in [5.74, 6) is 0.433. The molecule has 3 aromatic carbocycles. The number of carbonyl (C=O) groups excluding carboxylic acids is 2. The third-order valence-electron chi connectivity index (χ3n) is 5.31. The molecule has 0 unspecified atom stereocenters. The molecule has 3 aromatic rings. The van der Waals surface area contributed by atoms with Gasteiger partial charge < -0.3 is 10.1 Å². The van der Waals surface area contributed by atoms with Crippen LogP contribution in [-0.4, -0.2) is 30.2 Å². The summed E-state index contributed by atoms with van der Waals surface area (Å²) in [4.78, 5) is 29.0. The lowest BCUT2D eigenvalue weighted by molar-refractivity contribution is -0.130. The summed E-state index contributed by atoms with van der Waals surface area (Å²) < 4.78 is 5.45. The number of thioether (sulfide) groups is 1. The molecule has 1 heterocycles. The van der Waals surface area contributed by atoms with Crippen molar-refractivity contribution in [3.8, 4) is 5.75 Å². The molecule has 1 fully saturated rings. The molecule has 0 aromatic heterocycles. The lowest BCUT2D eigenvalue weighted by atomic mass is 9.82. The second-order valence-electron chi connectivity index (χ2n) is 6.99. The van der Waals surface area contributed by atoms with Gasteiger partial charge in [0.2, 0.25) is 0 Å². The van der Waals surface area contributed by atoms with Gasteiger partial charge in [0, 0.05) is 4.90 Å². The second kappa shape index (κ2) is 8.24. The number of nitrogens with zero attached hydrogens (tertiary/aromatic N) is 1. The first kappa shape index (κ1) is 20.0. The summed E-state index contributed by atoms with van der Waals surface area (Å²) >= 11 is 1.58. The first-order chi connectivity index (χ1) is 14.6. The van der Waals surface area contributed by atoms with Crippen LogP contribution in [0, 0.1) is 0 Å². The molecule has 152 valence electrons. The van der Waals surface area contributed by atoms with Gasteiger partial charge in [-0.2, -0.15) is 0 Å². The van der Waals surface area contributed by atoms with Crippen molar-refractivity contribution in [2.24, 2.45) is 0 Å². The Morgan fingerprint density at radius 3 is 2.07 bits per heavy atom. The Labute approximate surface area is 180 Å². The number of amides is 3. The zero-order valence-electron chi connectivity index (χ0n) is 16.8. The van der Waals surface area contributed by atoms with Gasteiger partial charge in [-0.15, -0.1) is 11.8 Å². The fourth-order valence-electron chi connectivity index (χ4n) is 3.82. The minimum atomic E-state index is -1.25. The summed E-state index contributed by atoms with van der Waals surface area (Å²) in [7, 11) is 1.61. The molecule has 0 radical (unpaired) electrons. The zero-order valence-corrected chi connectivity index (χ0v) is 17.6. The predicted octanol–water partition coefficient (Wildman–Crippen LogP) is 4.41. The van der Waals surface area contributed by atoms with E-state index < -0.39 is 11.6 Å². The highest BCUT2D eigenvalue weighted by Gasteiger charge is 2.53. The molecule has 1 N–H and O–H groups in total. The van der Waals surface area contributed by atoms with E-state index in [2.05, 4.69) is 5.32 Å². The van der Waals surface area contributed by atoms with E-state index >= 15 is 0 Å². The number of ether oxygens (including phenoxy) is 1. The number of hydrogen-bond donors (Lipinski definition) is 1. The molecule has 30 heavy (non-hydrogen) atoms. The van der Waals surface area contributed by atoms with E-state index in [4.69, 9.17) is 4.74 Å². The molecule has 3 amide bonds. The molecule has 0 saturated carbocycles. The first-order valence-corrected chi connectivity index (χ1v) is 10.8. The van der Waals surface area contributed by atoms with Crippen LogP contribution >= 0.6 is 11.8 Å². The van der Waals surface area contributed by atoms with E-state index in [1.165, 1.54) is 4.90 Å². The topological polar surface area (TPSA) is 58.6 Å². The lowest BCUT2D eigenvalue weighted by Gasteiger charge is -2.28. The van der Waals surface area contributed by atoms with Crippen LogP contribution in [0.15, 0.2) is 83.8 Å². The summed E-state index contributed by atoms with van der Waals surface area (Å²) in [5.41, 5.74) is 1.04. The normalized spacial score (nSPS) is 15.2. The van der Waals surface area contributed by atoms with Gasteiger partial charge >= 0.3 is 6.03 Å². The second-order valence-corrected chi connectivity index (χ2v) is 7.84. The summed E-state index contributed by atoms with van der Waals surface area (Å²) in [6.07, 6.45) is 1.98. The van der Waals surface area contributed by atoms with Gasteiger partial charge in [0.05, 0.1) is 13.7 Å². The van der Waals surface area contributed by atoms with E-state index in [9.17, 15) is 9.59 Å². The third kappa shape index (κ3) is 3.33. The number of benzene rings is 3. The van der Waals surface area contributed by atoms with Crippen molar-refractivity contribution in [3.05, 3.63) is 95.6 Å². The smallest absolute Gasteiger partial charge is 0.325 e. The van der Waals surface area contributed by atoms with E-state index in [0.29, 0.717) is 0 Å². The largest absolute Gasteiger partial charge is 0.496 e. The molecule has 0 atom stereocenters. The Morgan fingerprint density at radius 1 is 0.933 bits per heavy atom. The maximum atomic E-state index is 13.7. The average molecular weight is 419 g/mol. The van der Waals surface area contributed by atoms with Crippen molar-refractivity contribution in [3.63, 3.8) is 0 Å². The lowest BCUT2D eigenvalue weighted by Crippen LogP contribution is -2.45. The molecule has 1 aliphatic rings. The summed E-state index contributed by atoms with van der Waals surface area (Å²) in [6.45, 7) is 0.164. The van der Waals surface area contributed by atoms with Gasteiger partial charge in [0.25, 0.3) is 5.91 Å². The van der Waals surface area contributed by atoms with Crippen LogP contribution in [0.5, 0.6) is 5.75 Å². The third-order valence-corrected chi connectivity index (χ3v) is 6.08. The van der Waals surface area contributed by atoms with Crippen LogP contribution in [0.4, 0.5) is 4.79 Å². The van der Waals surface area contributed by atoms with Crippen LogP contribution in [-0.2, 0) is 16.9 Å². The molecule has 0 spiro atoms. The number of methoxy groups -OCH3 is 1. The maximum Gasteiger partial charge on any atom is 0.325 e. The van der Waals surface area contributed by atoms with Gasteiger partial charge in [-0.05, 0) is 35.1 Å². The van der Waals surface area contributed by atoms with E-state index in [1.807, 2.05) is 85.1 Å². The molecular formula is C24H22N2O3S. The standard InChI is InChI=1S/C24H22N2O3S/c1-29-20-15-17(13-14-21(20)30-2)16-26-22(27)24(25-23(26)28,18-9-5-3-6-10-18)19-11-7-4-8-12-19/h3-15H,16H2,1-2H3,(H,25,28). The Balaban J connectivity index is 1.74.